The minimum Gasteiger partial charge on any atom is -0.462 e. The third kappa shape index (κ3) is 31.2. The number of carbonyl (C=O) groups is 2. The maximum absolute atomic E-state index is 13.1. The minimum atomic E-state index is -5.59. The molecule has 0 amide bonds. The van der Waals surface area contributed by atoms with Crippen molar-refractivity contribution in [2.75, 3.05) is 19.0 Å². The van der Waals surface area contributed by atoms with Crippen LogP contribution in [-0.4, -0.2) is 113 Å². The molecule has 1 fully saturated rings. The van der Waals surface area contributed by atoms with Gasteiger partial charge in [0.1, 0.15) is 43.2 Å². The molecule has 0 spiro atoms. The second kappa shape index (κ2) is 34.7. The van der Waals surface area contributed by atoms with Crippen LogP contribution < -0.4 is 0 Å². The van der Waals surface area contributed by atoms with E-state index in [1.807, 2.05) is 0 Å². The number of unbranched alkanes of at least 4 members (excludes halogenated alkanes) is 23. The second-order valence-electron chi connectivity index (χ2n) is 16.4. The molecule has 0 aromatic rings. The number of hydrogen-bond acceptors (Lipinski definition) is 15. The lowest BCUT2D eigenvalue weighted by molar-refractivity contribution is -0.213. The summed E-state index contributed by atoms with van der Waals surface area (Å²) in [4.78, 5) is 73.0. The van der Waals surface area contributed by atoms with Gasteiger partial charge in [-0.05, 0) is 25.0 Å². The molecule has 0 aliphatic heterocycles. The molecular weight excluding hydrogens is 909 g/mol. The van der Waals surface area contributed by atoms with Gasteiger partial charge in [-0.3, -0.25) is 27.7 Å². The molecule has 19 nitrogen and oxygen atoms in total. The first-order valence-electron chi connectivity index (χ1n) is 22.9. The summed E-state index contributed by atoms with van der Waals surface area (Å²) in [6.07, 6.45) is 11.1. The fourth-order valence-corrected chi connectivity index (χ4v) is 9.59. The van der Waals surface area contributed by atoms with Gasteiger partial charge in [-0.2, -0.15) is 12.6 Å². The molecule has 0 saturated heterocycles. The predicted octanol–water partition coefficient (Wildman–Crippen LogP) is 7.48. The van der Waals surface area contributed by atoms with Crippen molar-refractivity contribution >= 4 is 48.0 Å². The van der Waals surface area contributed by atoms with Crippen LogP contribution >= 0.6 is 36.1 Å². The maximum atomic E-state index is 13.1. The van der Waals surface area contributed by atoms with Crippen LogP contribution in [0, 0.1) is 0 Å². The van der Waals surface area contributed by atoms with Crippen molar-refractivity contribution in [2.24, 2.45) is 0 Å². The number of aliphatic hydroxyl groups excluding tert-OH is 3. The molecule has 1 aliphatic carbocycles. The van der Waals surface area contributed by atoms with Gasteiger partial charge in [0, 0.05) is 12.8 Å². The molecule has 23 heteroatoms. The molecule has 0 bridgehead atoms. The Morgan fingerprint density at radius 3 is 1.27 bits per heavy atom. The highest BCUT2D eigenvalue weighted by Gasteiger charge is 2.56. The Labute approximate surface area is 379 Å². The Balaban J connectivity index is 2.74. The van der Waals surface area contributed by atoms with Gasteiger partial charge in [0.15, 0.2) is 6.10 Å². The summed E-state index contributed by atoms with van der Waals surface area (Å²) in [5.41, 5.74) is 0. The van der Waals surface area contributed by atoms with Gasteiger partial charge in [-0.25, -0.2) is 13.7 Å². The zero-order chi connectivity index (χ0) is 47.2. The molecule has 0 radical (unpaired) electrons. The van der Waals surface area contributed by atoms with Crippen molar-refractivity contribution in [3.63, 3.8) is 0 Å². The molecule has 8 atom stereocenters. The summed E-state index contributed by atoms with van der Waals surface area (Å²) in [6.45, 7) is 0.728. The molecule has 0 aromatic heterocycles. The van der Waals surface area contributed by atoms with Crippen LogP contribution in [-0.2, 0) is 50.9 Å². The number of esters is 2. The normalized spacial score (nSPS) is 22.1. The highest BCUT2D eigenvalue weighted by Crippen LogP contribution is 2.51. The Hall–Kier alpha value is -0.500. The van der Waals surface area contributed by atoms with Crippen LogP contribution in [0.1, 0.15) is 180 Å². The van der Waals surface area contributed by atoms with Gasteiger partial charge < -0.3 is 49.3 Å². The van der Waals surface area contributed by atoms with Crippen molar-refractivity contribution in [3.8, 4) is 0 Å². The fraction of sp³-hybridized carbons (Fsp3) is 0.950. The third-order valence-electron chi connectivity index (χ3n) is 10.7. The van der Waals surface area contributed by atoms with Gasteiger partial charge in [-0.15, -0.1) is 0 Å². The lowest BCUT2D eigenvalue weighted by Gasteiger charge is -2.44. The highest BCUT2D eigenvalue weighted by atomic mass is 32.1. The smallest absolute Gasteiger partial charge is 0.462 e. The van der Waals surface area contributed by atoms with E-state index < -0.39 is 91.3 Å². The first-order valence-corrected chi connectivity index (χ1v) is 28.1. The minimum absolute atomic E-state index is 0.00304. The molecule has 0 aromatic carbocycles. The first-order chi connectivity index (χ1) is 29.8. The summed E-state index contributed by atoms with van der Waals surface area (Å²) >= 11 is 4.24. The molecule has 8 N–H and O–H groups in total. The standard InChI is InChI=1S/C40H79O19P3S/c1-2-3-4-5-6-7-8-9-13-16-19-22-25-28-34(42)56-32(30-54-33(41)27-24-21-18-15-12-10-11-14-17-20-23-26-29-63)31-55-62(52,53)59-38-35(43)36(44)39(57-60(46,47)48)40(37(38)45)58-61(49,50)51/h32,35-40,43-45,63H,2-31H2,1H3,(H,52,53)(H2,46,47,48)(H2,49,50,51)/t32-,35+,36-,37?,38?,39?,40+/m1/s1. The zero-order valence-corrected chi connectivity index (χ0v) is 40.7. The topological polar surface area (TPSA) is 303 Å². The number of phosphoric ester groups is 3. The van der Waals surface area contributed by atoms with E-state index in [2.05, 4.69) is 28.6 Å². The summed E-state index contributed by atoms with van der Waals surface area (Å²) in [5.74, 6) is -0.359. The molecule has 1 aliphatic rings. The molecule has 0 heterocycles. The van der Waals surface area contributed by atoms with Crippen molar-refractivity contribution in [1.29, 1.82) is 0 Å². The molecule has 1 rings (SSSR count). The number of carbonyl (C=O) groups excluding carboxylic acids is 2. The number of phosphoric acid groups is 3. The summed E-state index contributed by atoms with van der Waals surface area (Å²) in [6, 6.07) is 0. The van der Waals surface area contributed by atoms with E-state index >= 15 is 0 Å². The van der Waals surface area contributed by atoms with Crippen LogP contribution in [0.3, 0.4) is 0 Å². The number of hydrogen-bond donors (Lipinski definition) is 9. The number of thiol groups is 1. The van der Waals surface area contributed by atoms with E-state index in [0.717, 1.165) is 63.5 Å². The lowest BCUT2D eigenvalue weighted by Crippen LogP contribution is -2.65. The number of rotatable bonds is 40. The first kappa shape index (κ1) is 60.5. The van der Waals surface area contributed by atoms with Crippen molar-refractivity contribution in [1.82, 2.24) is 0 Å². The van der Waals surface area contributed by atoms with E-state index in [9.17, 15) is 63.1 Å². The van der Waals surface area contributed by atoms with E-state index in [-0.39, 0.29) is 12.8 Å². The highest BCUT2D eigenvalue weighted by molar-refractivity contribution is 7.80. The Morgan fingerprint density at radius 1 is 0.492 bits per heavy atom. The van der Waals surface area contributed by atoms with Crippen LogP contribution in [0.15, 0.2) is 0 Å². The average molecular weight is 989 g/mol. The van der Waals surface area contributed by atoms with E-state index in [1.165, 1.54) is 89.9 Å². The van der Waals surface area contributed by atoms with Crippen molar-refractivity contribution in [3.05, 3.63) is 0 Å². The predicted molar refractivity (Wildman–Crippen MR) is 238 cm³/mol. The van der Waals surface area contributed by atoms with Crippen LogP contribution in [0.2, 0.25) is 0 Å². The van der Waals surface area contributed by atoms with Gasteiger partial charge in [0.25, 0.3) is 0 Å². The summed E-state index contributed by atoms with van der Waals surface area (Å²) in [7, 11) is -16.6. The van der Waals surface area contributed by atoms with Crippen LogP contribution in [0.25, 0.3) is 0 Å². The lowest BCUT2D eigenvalue weighted by atomic mass is 9.85. The maximum Gasteiger partial charge on any atom is 0.472 e. The summed E-state index contributed by atoms with van der Waals surface area (Å²) in [5, 5.41) is 31.8. The second-order valence-corrected chi connectivity index (χ2v) is 20.7. The van der Waals surface area contributed by atoms with Gasteiger partial charge in [0.2, 0.25) is 0 Å². The van der Waals surface area contributed by atoms with Gasteiger partial charge in [0.05, 0.1) is 6.61 Å². The molecule has 1 saturated carbocycles. The van der Waals surface area contributed by atoms with Crippen LogP contribution in [0.4, 0.5) is 0 Å². The number of ether oxygens (including phenoxy) is 2. The van der Waals surface area contributed by atoms with Crippen molar-refractivity contribution in [2.45, 2.75) is 223 Å². The Morgan fingerprint density at radius 2 is 0.857 bits per heavy atom. The molecule has 374 valence electrons. The van der Waals surface area contributed by atoms with E-state index in [0.29, 0.717) is 12.8 Å². The van der Waals surface area contributed by atoms with E-state index in [4.69, 9.17) is 18.5 Å². The molecule has 63 heavy (non-hydrogen) atoms. The largest absolute Gasteiger partial charge is 0.472 e. The molecule has 4 unspecified atom stereocenters. The monoisotopic (exact) mass is 988 g/mol. The third-order valence-corrected chi connectivity index (χ3v) is 13.1. The van der Waals surface area contributed by atoms with Crippen molar-refractivity contribution < 1.29 is 90.6 Å². The number of aliphatic hydroxyl groups is 3. The van der Waals surface area contributed by atoms with Gasteiger partial charge in [-0.1, -0.05) is 148 Å². The average Bonchev–Trinajstić information content (AvgIpc) is 3.20. The zero-order valence-electron chi connectivity index (χ0n) is 37.1. The Kier molecular flexibility index (Phi) is 33.4. The quantitative estimate of drug-likeness (QED) is 0.0124. The SMILES string of the molecule is CCCCCCCCCCCCCCCC(=O)O[C@H](COC(=O)CCCCCCCCCCCCCCS)COP(=O)(O)OC1C(O)[C@H](OP(=O)(O)O)C(OP(=O)(O)O)[C@H](O)[C@@H]1O. The molecular formula is C40H79O19P3S. The Bertz CT molecular complexity index is 1350. The fourth-order valence-electron chi connectivity index (χ4n) is 7.27. The van der Waals surface area contributed by atoms with E-state index in [1.54, 1.807) is 0 Å². The van der Waals surface area contributed by atoms with Crippen LogP contribution in [0.5, 0.6) is 0 Å². The summed E-state index contributed by atoms with van der Waals surface area (Å²) < 4.78 is 65.4. The van der Waals surface area contributed by atoms with Gasteiger partial charge >= 0.3 is 35.4 Å².